The highest BCUT2D eigenvalue weighted by atomic mass is 28.4. The van der Waals surface area contributed by atoms with Gasteiger partial charge < -0.3 is 45.5 Å². The Kier molecular flexibility index (Phi) is 18.1. The Hall–Kier alpha value is 0.0338. The summed E-state index contributed by atoms with van der Waals surface area (Å²) in [6, 6.07) is 1.52. The molecule has 2 aliphatic rings. The van der Waals surface area contributed by atoms with Crippen molar-refractivity contribution in [1.29, 1.82) is 0 Å². The van der Waals surface area contributed by atoms with Gasteiger partial charge in [0.1, 0.15) is 12.2 Å². The van der Waals surface area contributed by atoms with E-state index < -0.39 is 17.6 Å². The lowest BCUT2D eigenvalue weighted by molar-refractivity contribution is -0.149. The maximum absolute atomic E-state index is 5.87. The van der Waals surface area contributed by atoms with Crippen LogP contribution in [0.1, 0.15) is 54.9 Å². The van der Waals surface area contributed by atoms with Gasteiger partial charge in [0.2, 0.25) is 0 Å². The lowest BCUT2D eigenvalue weighted by Crippen LogP contribution is -2.46. The molecule has 12 heteroatoms. The van der Waals surface area contributed by atoms with Crippen molar-refractivity contribution < 1.29 is 45.5 Å². The van der Waals surface area contributed by atoms with Crippen molar-refractivity contribution in [2.45, 2.75) is 85.5 Å². The second-order valence-corrected chi connectivity index (χ2v) is 13.5. The van der Waals surface area contributed by atoms with E-state index in [1.807, 2.05) is 48.5 Å². The van der Waals surface area contributed by atoms with Gasteiger partial charge in [-0.2, -0.15) is 0 Å². The van der Waals surface area contributed by atoms with Crippen molar-refractivity contribution in [2.24, 2.45) is 0 Å². The molecule has 2 saturated heterocycles. The Bertz CT molecular complexity index is 459. The third kappa shape index (κ3) is 14.5. The Morgan fingerprint density at radius 1 is 0.600 bits per heavy atom. The molecule has 2 heterocycles. The molecule has 0 aromatic rings. The summed E-state index contributed by atoms with van der Waals surface area (Å²) in [7, 11) is -4.93. The van der Waals surface area contributed by atoms with E-state index in [1.165, 1.54) is 0 Å². The number of hydrogen-bond donors (Lipinski definition) is 0. The monoisotopic (exact) mass is 542 g/mol. The first-order valence-corrected chi connectivity index (χ1v) is 17.1. The van der Waals surface area contributed by atoms with Gasteiger partial charge in [0, 0.05) is 58.2 Å². The highest BCUT2D eigenvalue weighted by Crippen LogP contribution is 2.23. The summed E-state index contributed by atoms with van der Waals surface area (Å²) < 4.78 is 56.3. The Morgan fingerprint density at radius 2 is 0.943 bits per heavy atom. The highest BCUT2D eigenvalue weighted by molar-refractivity contribution is 6.61. The maximum Gasteiger partial charge on any atom is 0.501 e. The van der Waals surface area contributed by atoms with Gasteiger partial charge in [0.05, 0.1) is 26.4 Å². The molecule has 2 aliphatic heterocycles. The minimum absolute atomic E-state index is 0.214. The molecular weight excluding hydrogens is 492 g/mol. The van der Waals surface area contributed by atoms with E-state index in [0.717, 1.165) is 19.3 Å². The Labute approximate surface area is 214 Å². The Morgan fingerprint density at radius 3 is 1.23 bits per heavy atom. The lowest BCUT2D eigenvalue weighted by Gasteiger charge is -2.29. The molecule has 210 valence electrons. The standard InChI is InChI=1S/C15H30O7Si.C8H20O3Si/c1-4-20-23(21-5-2,22-6-3)8-7-15(18-11-13-9-16-13)19-12-14-10-17-14;1-5-9-12(8-4,10-6-2)11-7-3/h13-15H,4-12H2,1-3H3;5-8H2,1-4H3. The smallest absolute Gasteiger partial charge is 0.374 e. The predicted octanol–water partition coefficient (Wildman–Crippen LogP) is 3.64. The van der Waals surface area contributed by atoms with Crippen LogP contribution in [0, 0.1) is 0 Å². The van der Waals surface area contributed by atoms with Crippen LogP contribution in [0.25, 0.3) is 0 Å². The third-order valence-corrected chi connectivity index (χ3v) is 11.2. The zero-order valence-corrected chi connectivity index (χ0v) is 25.0. The summed E-state index contributed by atoms with van der Waals surface area (Å²) in [5, 5.41) is 0. The molecule has 0 saturated carbocycles. The molecule has 0 aromatic heterocycles. The summed E-state index contributed by atoms with van der Waals surface area (Å²) in [5.74, 6) is 0. The van der Waals surface area contributed by atoms with Crippen molar-refractivity contribution in [3.05, 3.63) is 0 Å². The number of epoxide rings is 2. The summed E-state index contributed by atoms with van der Waals surface area (Å²) in [6.45, 7) is 20.2. The Balaban J connectivity index is 0.000000434. The van der Waals surface area contributed by atoms with Crippen LogP contribution in [0.2, 0.25) is 12.1 Å². The topological polar surface area (TPSA) is 98.9 Å². The molecule has 2 fully saturated rings. The van der Waals surface area contributed by atoms with E-state index in [9.17, 15) is 0 Å². The van der Waals surface area contributed by atoms with Crippen LogP contribution < -0.4 is 0 Å². The van der Waals surface area contributed by atoms with Crippen LogP contribution >= 0.6 is 0 Å². The molecule has 0 radical (unpaired) electrons. The van der Waals surface area contributed by atoms with Crippen molar-refractivity contribution in [3.63, 3.8) is 0 Å². The van der Waals surface area contributed by atoms with Gasteiger partial charge in [-0.1, -0.05) is 6.92 Å². The number of ether oxygens (including phenoxy) is 4. The van der Waals surface area contributed by atoms with Crippen molar-refractivity contribution in [1.82, 2.24) is 0 Å². The first-order chi connectivity index (χ1) is 17.0. The molecule has 2 rings (SSSR count). The third-order valence-electron chi connectivity index (χ3n) is 5.05. The molecule has 0 aliphatic carbocycles. The predicted molar refractivity (Wildman–Crippen MR) is 136 cm³/mol. The van der Waals surface area contributed by atoms with Gasteiger partial charge in [0.25, 0.3) is 0 Å². The summed E-state index contributed by atoms with van der Waals surface area (Å²) >= 11 is 0. The van der Waals surface area contributed by atoms with Gasteiger partial charge >= 0.3 is 17.6 Å². The zero-order chi connectivity index (χ0) is 26.0. The largest absolute Gasteiger partial charge is 0.501 e. The fourth-order valence-electron chi connectivity index (χ4n) is 3.36. The van der Waals surface area contributed by atoms with Crippen LogP contribution in [0.4, 0.5) is 0 Å². The average Bonchev–Trinajstić information content (AvgIpc) is 3.75. The molecule has 0 amide bonds. The minimum atomic E-state index is -2.66. The first kappa shape index (κ1) is 33.1. The summed E-state index contributed by atoms with van der Waals surface area (Å²) in [5.41, 5.74) is 0. The van der Waals surface area contributed by atoms with E-state index in [4.69, 9.17) is 45.5 Å². The maximum atomic E-state index is 5.87. The van der Waals surface area contributed by atoms with E-state index in [1.54, 1.807) is 0 Å². The second-order valence-electron chi connectivity index (χ2n) is 7.86. The quantitative estimate of drug-likeness (QED) is 0.115. The molecule has 2 unspecified atom stereocenters. The van der Waals surface area contributed by atoms with Gasteiger partial charge in [-0.25, -0.2) is 0 Å². The number of rotatable bonds is 22. The summed E-state index contributed by atoms with van der Waals surface area (Å²) in [4.78, 5) is 0. The zero-order valence-electron chi connectivity index (χ0n) is 23.0. The lowest BCUT2D eigenvalue weighted by atomic mass is 10.4. The van der Waals surface area contributed by atoms with Crippen LogP contribution in [-0.2, 0) is 45.5 Å². The van der Waals surface area contributed by atoms with Crippen molar-refractivity contribution in [2.75, 3.05) is 66.1 Å². The second kappa shape index (κ2) is 19.2. The molecule has 0 aromatic carbocycles. The molecule has 10 nitrogen and oxygen atoms in total. The highest BCUT2D eigenvalue weighted by Gasteiger charge is 2.41. The van der Waals surface area contributed by atoms with Crippen LogP contribution in [0.3, 0.4) is 0 Å². The molecule has 0 bridgehead atoms. The van der Waals surface area contributed by atoms with Gasteiger partial charge in [-0.15, -0.1) is 0 Å². The van der Waals surface area contributed by atoms with Gasteiger partial charge in [-0.3, -0.25) is 0 Å². The first-order valence-electron chi connectivity index (χ1n) is 13.3. The van der Waals surface area contributed by atoms with Gasteiger partial charge in [0.15, 0.2) is 6.29 Å². The van der Waals surface area contributed by atoms with Crippen molar-refractivity contribution >= 4 is 17.6 Å². The SMILES string of the molecule is CCO[Si](CC)(OCC)OCC.CCO[Si](CCC(OCC1CO1)OCC1CO1)(OCC)OCC. The van der Waals surface area contributed by atoms with E-state index in [2.05, 4.69) is 0 Å². The normalized spacial score (nSPS) is 20.3. The van der Waals surface area contributed by atoms with E-state index in [0.29, 0.717) is 65.3 Å². The molecule has 35 heavy (non-hydrogen) atoms. The molecule has 0 N–H and O–H groups in total. The van der Waals surface area contributed by atoms with Gasteiger partial charge in [-0.05, 0) is 41.5 Å². The van der Waals surface area contributed by atoms with E-state index in [-0.39, 0.29) is 18.5 Å². The van der Waals surface area contributed by atoms with Crippen molar-refractivity contribution in [3.8, 4) is 0 Å². The van der Waals surface area contributed by atoms with Crippen LogP contribution in [0.15, 0.2) is 0 Å². The summed E-state index contributed by atoms with van der Waals surface area (Å²) in [6.07, 6.45) is 0.791. The molecule has 2 atom stereocenters. The fraction of sp³-hybridized carbons (Fsp3) is 1.00. The minimum Gasteiger partial charge on any atom is -0.374 e. The van der Waals surface area contributed by atoms with Crippen LogP contribution in [-0.4, -0.2) is 102 Å². The molecule has 0 spiro atoms. The molecular formula is C23H50O10Si2. The van der Waals surface area contributed by atoms with E-state index >= 15 is 0 Å². The van der Waals surface area contributed by atoms with Crippen LogP contribution in [0.5, 0.6) is 0 Å². The number of hydrogen-bond acceptors (Lipinski definition) is 10. The average molecular weight is 543 g/mol. The fourth-order valence-corrected chi connectivity index (χ4v) is 8.13.